The topological polar surface area (TPSA) is 59.2 Å². The van der Waals surface area contributed by atoms with Gasteiger partial charge in [0.05, 0.1) is 5.52 Å². The number of aromatic nitrogens is 1. The first-order valence-corrected chi connectivity index (χ1v) is 6.63. The van der Waals surface area contributed by atoms with Crippen LogP contribution in [0.15, 0.2) is 60.8 Å². The minimum absolute atomic E-state index is 0.0775. The van der Waals surface area contributed by atoms with Crippen LogP contribution in [0, 0.1) is 0 Å². The van der Waals surface area contributed by atoms with Crippen LogP contribution in [0.2, 0.25) is 0 Å². The molecule has 3 aromatic rings. The van der Waals surface area contributed by atoms with E-state index >= 15 is 0 Å². The minimum atomic E-state index is -0.0775. The minimum Gasteiger partial charge on any atom is -0.399 e. The SMILES string of the molecule is CN(C(=O)c1ccc2ncccc2c1)c1cccc(N)c1. The van der Waals surface area contributed by atoms with Crippen molar-refractivity contribution in [3.8, 4) is 0 Å². The molecule has 4 heteroatoms. The summed E-state index contributed by atoms with van der Waals surface area (Å²) in [5, 5.41) is 0.948. The van der Waals surface area contributed by atoms with E-state index in [0.717, 1.165) is 16.6 Å². The molecule has 3 rings (SSSR count). The lowest BCUT2D eigenvalue weighted by molar-refractivity contribution is 0.0993. The molecule has 4 nitrogen and oxygen atoms in total. The Hall–Kier alpha value is -2.88. The highest BCUT2D eigenvalue weighted by Crippen LogP contribution is 2.20. The highest BCUT2D eigenvalue weighted by molar-refractivity contribution is 6.07. The summed E-state index contributed by atoms with van der Waals surface area (Å²) in [7, 11) is 1.74. The fourth-order valence-electron chi connectivity index (χ4n) is 2.25. The summed E-state index contributed by atoms with van der Waals surface area (Å²) >= 11 is 0. The number of rotatable bonds is 2. The Balaban J connectivity index is 1.96. The number of carbonyl (C=O) groups is 1. The summed E-state index contributed by atoms with van der Waals surface area (Å²) in [6.45, 7) is 0. The first-order valence-electron chi connectivity index (χ1n) is 6.63. The first kappa shape index (κ1) is 13.1. The Kier molecular flexibility index (Phi) is 3.28. The molecular formula is C17H15N3O. The fraction of sp³-hybridized carbons (Fsp3) is 0.0588. The van der Waals surface area contributed by atoms with E-state index in [9.17, 15) is 4.79 Å². The lowest BCUT2D eigenvalue weighted by Crippen LogP contribution is -2.26. The van der Waals surface area contributed by atoms with Crippen LogP contribution in [0.5, 0.6) is 0 Å². The second kappa shape index (κ2) is 5.25. The lowest BCUT2D eigenvalue weighted by atomic mass is 10.1. The van der Waals surface area contributed by atoms with Crippen molar-refractivity contribution in [2.45, 2.75) is 0 Å². The number of hydrogen-bond acceptors (Lipinski definition) is 3. The third-order valence-electron chi connectivity index (χ3n) is 3.41. The van der Waals surface area contributed by atoms with Gasteiger partial charge in [-0.1, -0.05) is 12.1 Å². The van der Waals surface area contributed by atoms with Crippen molar-refractivity contribution < 1.29 is 4.79 Å². The third-order valence-corrected chi connectivity index (χ3v) is 3.41. The molecule has 0 bridgehead atoms. The Labute approximate surface area is 122 Å². The van der Waals surface area contributed by atoms with Crippen LogP contribution < -0.4 is 10.6 Å². The zero-order valence-corrected chi connectivity index (χ0v) is 11.7. The maximum Gasteiger partial charge on any atom is 0.258 e. The summed E-state index contributed by atoms with van der Waals surface area (Å²) in [6.07, 6.45) is 1.74. The quantitative estimate of drug-likeness (QED) is 0.732. The second-order valence-electron chi connectivity index (χ2n) is 4.87. The zero-order chi connectivity index (χ0) is 14.8. The molecule has 1 heterocycles. The van der Waals surface area contributed by atoms with Gasteiger partial charge in [-0.25, -0.2) is 0 Å². The Morgan fingerprint density at radius 2 is 1.95 bits per heavy atom. The maximum atomic E-state index is 12.6. The van der Waals surface area contributed by atoms with Crippen molar-refractivity contribution >= 4 is 28.2 Å². The lowest BCUT2D eigenvalue weighted by Gasteiger charge is -2.18. The Morgan fingerprint density at radius 1 is 1.10 bits per heavy atom. The Bertz CT molecular complexity index is 814. The highest BCUT2D eigenvalue weighted by Gasteiger charge is 2.14. The van der Waals surface area contributed by atoms with Crippen LogP contribution in [0.4, 0.5) is 11.4 Å². The predicted molar refractivity (Wildman–Crippen MR) is 85.3 cm³/mol. The van der Waals surface area contributed by atoms with Crippen molar-refractivity contribution in [2.24, 2.45) is 0 Å². The molecule has 104 valence electrons. The Morgan fingerprint density at radius 3 is 2.76 bits per heavy atom. The summed E-state index contributed by atoms with van der Waals surface area (Å²) in [5.41, 5.74) is 8.67. The molecule has 0 unspecified atom stereocenters. The van der Waals surface area contributed by atoms with Gasteiger partial charge >= 0.3 is 0 Å². The molecule has 0 fully saturated rings. The molecule has 0 saturated carbocycles. The van der Waals surface area contributed by atoms with E-state index in [2.05, 4.69) is 4.98 Å². The first-order chi connectivity index (χ1) is 10.1. The van der Waals surface area contributed by atoms with Crippen LogP contribution in [0.1, 0.15) is 10.4 Å². The molecule has 0 aliphatic carbocycles. The number of nitrogens with zero attached hydrogens (tertiary/aromatic N) is 2. The molecule has 1 aromatic heterocycles. The molecule has 2 N–H and O–H groups in total. The number of amides is 1. The summed E-state index contributed by atoms with van der Waals surface area (Å²) in [5.74, 6) is -0.0775. The highest BCUT2D eigenvalue weighted by atomic mass is 16.2. The van der Waals surface area contributed by atoms with E-state index < -0.39 is 0 Å². The summed E-state index contributed by atoms with van der Waals surface area (Å²) < 4.78 is 0. The van der Waals surface area contributed by atoms with Crippen LogP contribution in [-0.4, -0.2) is 17.9 Å². The molecule has 21 heavy (non-hydrogen) atoms. The van der Waals surface area contributed by atoms with Gasteiger partial charge in [0.15, 0.2) is 0 Å². The van der Waals surface area contributed by atoms with Crippen molar-refractivity contribution in [3.63, 3.8) is 0 Å². The number of hydrogen-bond donors (Lipinski definition) is 1. The monoisotopic (exact) mass is 277 g/mol. The van der Waals surface area contributed by atoms with Gasteiger partial charge in [0.25, 0.3) is 5.91 Å². The average molecular weight is 277 g/mol. The van der Waals surface area contributed by atoms with Crippen LogP contribution in [-0.2, 0) is 0 Å². The molecule has 1 amide bonds. The van der Waals surface area contributed by atoms with E-state index in [0.29, 0.717) is 11.3 Å². The van der Waals surface area contributed by atoms with E-state index in [1.807, 2.05) is 36.4 Å². The standard InChI is InChI=1S/C17H15N3O/c1-20(15-6-2-5-14(18)11-15)17(21)13-7-8-16-12(10-13)4-3-9-19-16/h2-11H,18H2,1H3. The van der Waals surface area contributed by atoms with Gasteiger partial charge in [-0.2, -0.15) is 0 Å². The van der Waals surface area contributed by atoms with Gasteiger partial charge in [-0.05, 0) is 42.5 Å². The third kappa shape index (κ3) is 2.56. The number of benzene rings is 2. The van der Waals surface area contributed by atoms with Crippen LogP contribution in [0.25, 0.3) is 10.9 Å². The molecule has 0 aliphatic heterocycles. The van der Waals surface area contributed by atoms with E-state index in [1.165, 1.54) is 0 Å². The molecule has 0 saturated heterocycles. The van der Waals surface area contributed by atoms with E-state index in [1.54, 1.807) is 36.3 Å². The second-order valence-corrected chi connectivity index (χ2v) is 4.87. The molecule has 2 aromatic carbocycles. The number of nitrogens with two attached hydrogens (primary N) is 1. The normalized spacial score (nSPS) is 10.5. The van der Waals surface area contributed by atoms with Gasteiger partial charge in [0, 0.05) is 35.6 Å². The van der Waals surface area contributed by atoms with Gasteiger partial charge in [-0.3, -0.25) is 9.78 Å². The zero-order valence-electron chi connectivity index (χ0n) is 11.7. The van der Waals surface area contributed by atoms with Crippen molar-refractivity contribution in [2.75, 3.05) is 17.7 Å². The molecular weight excluding hydrogens is 262 g/mol. The van der Waals surface area contributed by atoms with Gasteiger partial charge < -0.3 is 10.6 Å². The van der Waals surface area contributed by atoms with Gasteiger partial charge in [-0.15, -0.1) is 0 Å². The van der Waals surface area contributed by atoms with Crippen LogP contribution in [0.3, 0.4) is 0 Å². The predicted octanol–water partition coefficient (Wildman–Crippen LogP) is 3.09. The largest absolute Gasteiger partial charge is 0.399 e. The molecule has 0 atom stereocenters. The number of nitrogen functional groups attached to an aromatic ring is 1. The van der Waals surface area contributed by atoms with E-state index in [4.69, 9.17) is 5.73 Å². The van der Waals surface area contributed by atoms with E-state index in [-0.39, 0.29) is 5.91 Å². The smallest absolute Gasteiger partial charge is 0.258 e. The average Bonchev–Trinajstić information content (AvgIpc) is 2.53. The van der Waals surface area contributed by atoms with Crippen molar-refractivity contribution in [3.05, 3.63) is 66.4 Å². The maximum absolute atomic E-state index is 12.6. The summed E-state index contributed by atoms with van der Waals surface area (Å²) in [6, 6.07) is 16.6. The molecule has 0 spiro atoms. The van der Waals surface area contributed by atoms with Crippen molar-refractivity contribution in [1.29, 1.82) is 0 Å². The van der Waals surface area contributed by atoms with Gasteiger partial charge in [0.1, 0.15) is 0 Å². The molecule has 0 aliphatic rings. The van der Waals surface area contributed by atoms with Crippen molar-refractivity contribution in [1.82, 2.24) is 4.98 Å². The molecule has 0 radical (unpaired) electrons. The number of fused-ring (bicyclic) bond motifs is 1. The number of carbonyl (C=O) groups excluding carboxylic acids is 1. The summed E-state index contributed by atoms with van der Waals surface area (Å²) in [4.78, 5) is 18.4. The van der Waals surface area contributed by atoms with Crippen LogP contribution >= 0.6 is 0 Å². The fourth-order valence-corrected chi connectivity index (χ4v) is 2.25. The number of anilines is 2. The van der Waals surface area contributed by atoms with Gasteiger partial charge in [0.2, 0.25) is 0 Å². The number of pyridine rings is 1.